The third kappa shape index (κ3) is 5.32. The fraction of sp³-hybridized carbons (Fsp3) is 0.474. The second kappa shape index (κ2) is 7.70. The van der Waals surface area contributed by atoms with Crippen molar-refractivity contribution < 1.29 is 9.90 Å². The Hall–Kier alpha value is -2.34. The molecule has 0 saturated heterocycles. The minimum absolute atomic E-state index is 0.00949. The molecule has 1 aromatic carbocycles. The van der Waals surface area contributed by atoms with Crippen LogP contribution in [0.15, 0.2) is 30.6 Å². The van der Waals surface area contributed by atoms with Gasteiger partial charge in [0.2, 0.25) is 0 Å². The van der Waals surface area contributed by atoms with Gasteiger partial charge >= 0.3 is 6.03 Å². The first-order valence-electron chi connectivity index (χ1n) is 8.49. The van der Waals surface area contributed by atoms with Crippen molar-refractivity contribution in [1.29, 1.82) is 0 Å². The zero-order chi connectivity index (χ0) is 18.6. The van der Waals surface area contributed by atoms with Crippen molar-refractivity contribution in [3.8, 4) is 0 Å². The first-order valence-corrected chi connectivity index (χ1v) is 8.49. The standard InChI is InChI=1S/C19H28N4O2/c1-13-6-7-16(14(2)8-13)9-15(3)22-18(24)20-12-19(4,25)17-10-21-23(5)11-17/h6-8,10-11,15,25H,9,12H2,1-5H3,(H2,20,22,24)/t15-,19+/m1/s1. The molecule has 0 fully saturated rings. The number of carbonyl (C=O) groups is 1. The van der Waals surface area contributed by atoms with E-state index in [2.05, 4.69) is 47.8 Å². The van der Waals surface area contributed by atoms with Gasteiger partial charge in [-0.3, -0.25) is 4.68 Å². The maximum Gasteiger partial charge on any atom is 0.315 e. The van der Waals surface area contributed by atoms with Crippen LogP contribution in [0.2, 0.25) is 0 Å². The number of benzene rings is 1. The molecular formula is C19H28N4O2. The van der Waals surface area contributed by atoms with Crippen LogP contribution < -0.4 is 10.6 Å². The minimum atomic E-state index is -1.16. The second-order valence-electron chi connectivity index (χ2n) is 7.04. The van der Waals surface area contributed by atoms with Crippen molar-refractivity contribution in [1.82, 2.24) is 20.4 Å². The van der Waals surface area contributed by atoms with Gasteiger partial charge < -0.3 is 15.7 Å². The number of aryl methyl sites for hydroxylation is 3. The van der Waals surface area contributed by atoms with Gasteiger partial charge in [0.15, 0.2) is 0 Å². The molecule has 0 spiro atoms. The van der Waals surface area contributed by atoms with E-state index < -0.39 is 5.60 Å². The van der Waals surface area contributed by atoms with Crippen LogP contribution >= 0.6 is 0 Å². The van der Waals surface area contributed by atoms with Gasteiger partial charge in [-0.15, -0.1) is 0 Å². The number of nitrogens with zero attached hydrogens (tertiary/aromatic N) is 2. The number of urea groups is 1. The average Bonchev–Trinajstić information content (AvgIpc) is 2.96. The number of rotatable bonds is 6. The zero-order valence-corrected chi connectivity index (χ0v) is 15.6. The molecular weight excluding hydrogens is 316 g/mol. The molecule has 2 rings (SSSR count). The summed E-state index contributed by atoms with van der Waals surface area (Å²) >= 11 is 0. The van der Waals surface area contributed by atoms with Crippen molar-refractivity contribution in [3.05, 3.63) is 52.8 Å². The second-order valence-corrected chi connectivity index (χ2v) is 7.04. The van der Waals surface area contributed by atoms with Crippen LogP contribution in [0, 0.1) is 13.8 Å². The Labute approximate surface area is 149 Å². The van der Waals surface area contributed by atoms with E-state index in [0.717, 1.165) is 6.42 Å². The first kappa shape index (κ1) is 19.0. The Morgan fingerprint density at radius 2 is 2.12 bits per heavy atom. The van der Waals surface area contributed by atoms with Crippen LogP contribution in [0.1, 0.15) is 36.1 Å². The Kier molecular flexibility index (Phi) is 5.85. The fourth-order valence-corrected chi connectivity index (χ4v) is 2.78. The summed E-state index contributed by atoms with van der Waals surface area (Å²) in [4.78, 5) is 12.1. The molecule has 0 saturated carbocycles. The molecule has 25 heavy (non-hydrogen) atoms. The third-order valence-electron chi connectivity index (χ3n) is 4.32. The molecule has 2 amide bonds. The van der Waals surface area contributed by atoms with E-state index in [1.807, 2.05) is 6.92 Å². The average molecular weight is 344 g/mol. The summed E-state index contributed by atoms with van der Waals surface area (Å²) in [6.45, 7) is 7.89. The molecule has 1 heterocycles. The maximum atomic E-state index is 12.1. The molecule has 136 valence electrons. The molecule has 3 N–H and O–H groups in total. The lowest BCUT2D eigenvalue weighted by Gasteiger charge is -2.23. The molecule has 0 aliphatic heterocycles. The Morgan fingerprint density at radius 1 is 1.40 bits per heavy atom. The predicted octanol–water partition coefficient (Wildman–Crippen LogP) is 2.17. The summed E-state index contributed by atoms with van der Waals surface area (Å²) in [6, 6.07) is 6.03. The van der Waals surface area contributed by atoms with Gasteiger partial charge in [-0.1, -0.05) is 23.8 Å². The van der Waals surface area contributed by atoms with Crippen LogP contribution in [0.5, 0.6) is 0 Å². The van der Waals surface area contributed by atoms with E-state index in [1.54, 1.807) is 31.0 Å². The van der Waals surface area contributed by atoms with Crippen molar-refractivity contribution in [3.63, 3.8) is 0 Å². The molecule has 6 nitrogen and oxygen atoms in total. The fourth-order valence-electron chi connectivity index (χ4n) is 2.78. The summed E-state index contributed by atoms with van der Waals surface area (Å²) < 4.78 is 1.62. The first-order chi connectivity index (χ1) is 11.7. The molecule has 1 aromatic heterocycles. The summed E-state index contributed by atoms with van der Waals surface area (Å²) in [5, 5.41) is 20.2. The number of hydrogen-bond donors (Lipinski definition) is 3. The van der Waals surface area contributed by atoms with Crippen molar-refractivity contribution in [2.45, 2.75) is 45.8 Å². The molecule has 2 atom stereocenters. The number of carbonyl (C=O) groups excluding carboxylic acids is 1. The number of aromatic nitrogens is 2. The highest BCUT2D eigenvalue weighted by Crippen LogP contribution is 2.18. The number of amides is 2. The molecule has 2 aromatic rings. The Morgan fingerprint density at radius 3 is 2.72 bits per heavy atom. The van der Waals surface area contributed by atoms with Crippen LogP contribution in [0.4, 0.5) is 4.79 Å². The van der Waals surface area contributed by atoms with Crippen LogP contribution in [0.25, 0.3) is 0 Å². The van der Waals surface area contributed by atoms with E-state index in [4.69, 9.17) is 0 Å². The van der Waals surface area contributed by atoms with Gasteiger partial charge in [0.25, 0.3) is 0 Å². The lowest BCUT2D eigenvalue weighted by molar-refractivity contribution is 0.0592. The minimum Gasteiger partial charge on any atom is -0.383 e. The van der Waals surface area contributed by atoms with Crippen molar-refractivity contribution in [2.75, 3.05) is 6.54 Å². The number of aliphatic hydroxyl groups is 1. The number of nitrogens with one attached hydrogen (secondary N) is 2. The monoisotopic (exact) mass is 344 g/mol. The van der Waals surface area contributed by atoms with Crippen LogP contribution in [-0.4, -0.2) is 33.5 Å². The van der Waals surface area contributed by atoms with Gasteiger partial charge in [-0.2, -0.15) is 5.10 Å². The van der Waals surface area contributed by atoms with E-state index in [1.165, 1.54) is 16.7 Å². The lowest BCUT2D eigenvalue weighted by atomic mass is 9.99. The highest BCUT2D eigenvalue weighted by atomic mass is 16.3. The summed E-state index contributed by atoms with van der Waals surface area (Å²) in [7, 11) is 1.79. The normalized spacial score (nSPS) is 14.6. The van der Waals surface area contributed by atoms with Gasteiger partial charge in [0.05, 0.1) is 12.7 Å². The van der Waals surface area contributed by atoms with Gasteiger partial charge in [0, 0.05) is 24.8 Å². The largest absolute Gasteiger partial charge is 0.383 e. The highest BCUT2D eigenvalue weighted by molar-refractivity contribution is 5.74. The maximum absolute atomic E-state index is 12.1. The highest BCUT2D eigenvalue weighted by Gasteiger charge is 2.25. The van der Waals surface area contributed by atoms with Crippen LogP contribution in [0.3, 0.4) is 0 Å². The third-order valence-corrected chi connectivity index (χ3v) is 4.32. The molecule has 0 bridgehead atoms. The molecule has 0 radical (unpaired) electrons. The van der Waals surface area contributed by atoms with Gasteiger partial charge in [-0.25, -0.2) is 4.79 Å². The smallest absolute Gasteiger partial charge is 0.315 e. The van der Waals surface area contributed by atoms with Gasteiger partial charge in [0.1, 0.15) is 5.60 Å². The van der Waals surface area contributed by atoms with Crippen molar-refractivity contribution >= 4 is 6.03 Å². The molecule has 0 aliphatic rings. The Bertz CT molecular complexity index is 737. The topological polar surface area (TPSA) is 79.2 Å². The predicted molar refractivity (Wildman–Crippen MR) is 98.4 cm³/mol. The van der Waals surface area contributed by atoms with Crippen LogP contribution in [-0.2, 0) is 19.1 Å². The SMILES string of the molecule is Cc1ccc(C[C@@H](C)NC(=O)NC[C@](C)(O)c2cnn(C)c2)c(C)c1. The van der Waals surface area contributed by atoms with Gasteiger partial charge in [-0.05, 0) is 45.2 Å². The summed E-state index contributed by atoms with van der Waals surface area (Å²) in [6.07, 6.45) is 4.10. The number of hydrogen-bond acceptors (Lipinski definition) is 3. The lowest BCUT2D eigenvalue weighted by Crippen LogP contribution is -2.46. The molecule has 0 aliphatic carbocycles. The molecule has 6 heteroatoms. The zero-order valence-electron chi connectivity index (χ0n) is 15.6. The Balaban J connectivity index is 1.85. The van der Waals surface area contributed by atoms with Crippen molar-refractivity contribution in [2.24, 2.45) is 7.05 Å². The quantitative estimate of drug-likeness (QED) is 0.751. The van der Waals surface area contributed by atoms with E-state index in [-0.39, 0.29) is 18.6 Å². The van der Waals surface area contributed by atoms with E-state index >= 15 is 0 Å². The summed E-state index contributed by atoms with van der Waals surface area (Å²) in [5.74, 6) is 0. The van der Waals surface area contributed by atoms with E-state index in [0.29, 0.717) is 5.56 Å². The summed E-state index contributed by atoms with van der Waals surface area (Å²) in [5.41, 5.74) is 3.19. The molecule has 0 unspecified atom stereocenters. The van der Waals surface area contributed by atoms with E-state index in [9.17, 15) is 9.90 Å².